The van der Waals surface area contributed by atoms with Gasteiger partial charge in [0.1, 0.15) is 6.61 Å². The van der Waals surface area contributed by atoms with Crippen molar-refractivity contribution in [3.05, 3.63) is 23.8 Å². The maximum absolute atomic E-state index is 13.3. The van der Waals surface area contributed by atoms with E-state index in [0.29, 0.717) is 25.4 Å². The van der Waals surface area contributed by atoms with Gasteiger partial charge in [0.05, 0.1) is 6.10 Å². The normalized spacial score (nSPS) is 45.8. The molecular weight excluding hydrogens is 466 g/mol. The second kappa shape index (κ2) is 9.69. The molecule has 5 aliphatic rings. The summed E-state index contributed by atoms with van der Waals surface area (Å²) in [7, 11) is 0. The lowest BCUT2D eigenvalue weighted by Crippen LogP contribution is -2.64. The zero-order valence-electron chi connectivity index (χ0n) is 23.2. The van der Waals surface area contributed by atoms with Gasteiger partial charge in [-0.2, -0.15) is 5.06 Å². The molecule has 0 saturated heterocycles. The predicted molar refractivity (Wildman–Crippen MR) is 142 cm³/mol. The second-order valence-corrected chi connectivity index (χ2v) is 13.9. The van der Waals surface area contributed by atoms with Gasteiger partial charge in [-0.05, 0) is 79.3 Å². The van der Waals surface area contributed by atoms with Crippen molar-refractivity contribution in [1.82, 2.24) is 5.06 Å². The molecule has 3 N–H and O–H groups in total. The maximum atomic E-state index is 13.3. The Morgan fingerprint density at radius 2 is 1.78 bits per heavy atom. The highest BCUT2D eigenvalue weighted by Crippen LogP contribution is 2.72. The van der Waals surface area contributed by atoms with Crippen LogP contribution in [0, 0.1) is 51.8 Å². The summed E-state index contributed by atoms with van der Waals surface area (Å²) >= 11 is 0. The molecule has 0 spiro atoms. The Hall–Kier alpha value is -1.34. The highest BCUT2D eigenvalue weighted by molar-refractivity contribution is 6.01. The topological polar surface area (TPSA) is 98.1 Å². The van der Waals surface area contributed by atoms with Crippen molar-refractivity contribution in [3.8, 4) is 0 Å². The number of carbonyl (C=O) groups is 2. The molecule has 0 aromatic rings. The van der Waals surface area contributed by atoms with Crippen LogP contribution in [-0.2, 0) is 9.59 Å². The zero-order valence-corrected chi connectivity index (χ0v) is 23.2. The smallest absolute Gasteiger partial charge is 0.178 e. The van der Waals surface area contributed by atoms with Crippen molar-refractivity contribution in [3.63, 3.8) is 0 Å². The van der Waals surface area contributed by atoms with E-state index in [4.69, 9.17) is 0 Å². The third-order valence-electron chi connectivity index (χ3n) is 12.0. The van der Waals surface area contributed by atoms with Crippen LogP contribution in [0.15, 0.2) is 23.8 Å². The van der Waals surface area contributed by atoms with E-state index in [0.717, 1.165) is 31.3 Å². The van der Waals surface area contributed by atoms with Gasteiger partial charge in [0.25, 0.3) is 0 Å². The number of aliphatic hydroxyl groups is 2. The fourth-order valence-corrected chi connectivity index (χ4v) is 10.1. The summed E-state index contributed by atoms with van der Waals surface area (Å²) < 4.78 is 0. The van der Waals surface area contributed by atoms with E-state index in [1.165, 1.54) is 24.3 Å². The van der Waals surface area contributed by atoms with Crippen LogP contribution in [0.2, 0.25) is 0 Å². The minimum atomic E-state index is -0.641. The van der Waals surface area contributed by atoms with Gasteiger partial charge in [-0.25, -0.2) is 0 Å². The Kier molecular flexibility index (Phi) is 7.13. The van der Waals surface area contributed by atoms with E-state index in [2.05, 4.69) is 27.7 Å². The van der Waals surface area contributed by atoms with Crippen molar-refractivity contribution >= 4 is 11.6 Å². The molecule has 206 valence electrons. The lowest BCUT2D eigenvalue weighted by Gasteiger charge is -2.66. The predicted octanol–water partition coefficient (Wildman–Crippen LogP) is 4.58. The average Bonchev–Trinajstić information content (AvgIpc) is 3.13. The molecule has 5 aliphatic carbocycles. The molecule has 4 saturated carbocycles. The summed E-state index contributed by atoms with van der Waals surface area (Å²) in [5.41, 5.74) is -0.212. The minimum Gasteiger partial charge on any atom is -0.392 e. The molecule has 6 nitrogen and oxygen atoms in total. The SMILES string of the molecule is C[C@H]1C[C@H]2C3C[C@@H](CN(O)CC4CCCCC4)[C@H](C(=O)CO)[C@@]3(C)C[C@H](O)[C@]2(C)[C@@]2(C)C=CC(=O)C=C12. The monoisotopic (exact) mass is 513 g/mol. The summed E-state index contributed by atoms with van der Waals surface area (Å²) in [5.74, 6) is 0.496. The first-order chi connectivity index (χ1) is 17.5. The lowest BCUT2D eigenvalue weighted by molar-refractivity contribution is -0.183. The number of fused-ring (bicyclic) bond motifs is 5. The van der Waals surface area contributed by atoms with Crippen LogP contribution in [-0.4, -0.2) is 57.9 Å². The van der Waals surface area contributed by atoms with Crippen LogP contribution < -0.4 is 0 Å². The number of allylic oxidation sites excluding steroid dienone is 4. The minimum absolute atomic E-state index is 0.0204. The highest BCUT2D eigenvalue weighted by Gasteiger charge is 2.70. The molecule has 1 unspecified atom stereocenters. The van der Waals surface area contributed by atoms with E-state index in [-0.39, 0.29) is 41.2 Å². The molecule has 0 amide bonds. The lowest BCUT2D eigenvalue weighted by atomic mass is 9.39. The zero-order chi connectivity index (χ0) is 26.8. The van der Waals surface area contributed by atoms with Crippen LogP contribution in [0.5, 0.6) is 0 Å². The number of hydrogen-bond donors (Lipinski definition) is 3. The van der Waals surface area contributed by atoms with Gasteiger partial charge in [-0.15, -0.1) is 0 Å². The number of ketones is 2. The summed E-state index contributed by atoms with van der Waals surface area (Å²) in [6.07, 6.45) is 13.0. The standard InChI is InChI=1S/C31H47NO5/c1-19-12-25-24-13-21(17-32(37)16-20-8-6-5-7-9-20)28(26(35)18-33)29(24,2)15-27(36)31(25,4)30(3)11-10-22(34)14-23(19)30/h10-11,14,19-21,24-25,27-28,33,36-37H,5-9,12-13,15-18H2,1-4H3/t19-,21-,24?,25-,27-,28+,29-,30-,31+/m0/s1. The summed E-state index contributed by atoms with van der Waals surface area (Å²) in [5, 5.41) is 34.4. The molecule has 0 heterocycles. The Morgan fingerprint density at radius 1 is 1.08 bits per heavy atom. The number of Topliss-reactive ketones (excluding diaryl/α,β-unsaturated/α-hetero) is 1. The van der Waals surface area contributed by atoms with Gasteiger partial charge in [-0.1, -0.05) is 58.6 Å². The quantitative estimate of drug-likeness (QED) is 0.450. The van der Waals surface area contributed by atoms with Gasteiger partial charge < -0.3 is 15.4 Å². The Morgan fingerprint density at radius 3 is 2.46 bits per heavy atom. The third kappa shape index (κ3) is 4.13. The summed E-state index contributed by atoms with van der Waals surface area (Å²) in [6.45, 7) is 9.30. The van der Waals surface area contributed by atoms with E-state index in [1.807, 2.05) is 6.08 Å². The fraction of sp³-hybridized carbons (Fsp3) is 0.806. The molecule has 4 fully saturated rings. The van der Waals surface area contributed by atoms with Crippen molar-refractivity contribution in [2.45, 2.75) is 85.2 Å². The van der Waals surface area contributed by atoms with Crippen LogP contribution in [0.25, 0.3) is 0 Å². The van der Waals surface area contributed by atoms with Crippen molar-refractivity contribution in [1.29, 1.82) is 0 Å². The number of nitrogens with zero attached hydrogens (tertiary/aromatic N) is 1. The van der Waals surface area contributed by atoms with Gasteiger partial charge in [-0.3, -0.25) is 9.59 Å². The molecule has 0 radical (unpaired) electrons. The van der Waals surface area contributed by atoms with Crippen molar-refractivity contribution in [2.24, 2.45) is 51.8 Å². The maximum Gasteiger partial charge on any atom is 0.178 e. The largest absolute Gasteiger partial charge is 0.392 e. The molecule has 6 heteroatoms. The molecule has 0 aromatic carbocycles. The number of aliphatic hydroxyl groups excluding tert-OH is 2. The van der Waals surface area contributed by atoms with E-state index >= 15 is 0 Å². The van der Waals surface area contributed by atoms with Crippen LogP contribution in [0.3, 0.4) is 0 Å². The number of hydrogen-bond acceptors (Lipinski definition) is 6. The molecule has 5 rings (SSSR count). The number of carbonyl (C=O) groups excluding carboxylic acids is 2. The van der Waals surface area contributed by atoms with Crippen molar-refractivity contribution in [2.75, 3.05) is 19.7 Å². The van der Waals surface area contributed by atoms with E-state index in [9.17, 15) is 25.0 Å². The first-order valence-corrected chi connectivity index (χ1v) is 14.7. The molecule has 9 atom stereocenters. The molecule has 37 heavy (non-hydrogen) atoms. The fourth-order valence-electron chi connectivity index (χ4n) is 10.1. The number of hydroxylamine groups is 2. The number of rotatable bonds is 6. The Balaban J connectivity index is 1.47. The van der Waals surface area contributed by atoms with E-state index < -0.39 is 29.0 Å². The summed E-state index contributed by atoms with van der Waals surface area (Å²) in [6, 6.07) is 0. The Bertz CT molecular complexity index is 984. The van der Waals surface area contributed by atoms with Gasteiger partial charge >= 0.3 is 0 Å². The Labute approximate surface area is 222 Å². The molecule has 0 aliphatic heterocycles. The van der Waals surface area contributed by atoms with Crippen LogP contribution >= 0.6 is 0 Å². The van der Waals surface area contributed by atoms with Gasteiger partial charge in [0.2, 0.25) is 0 Å². The average molecular weight is 514 g/mol. The summed E-state index contributed by atoms with van der Waals surface area (Å²) in [4.78, 5) is 25.6. The first kappa shape index (κ1) is 27.2. The third-order valence-corrected chi connectivity index (χ3v) is 12.0. The first-order valence-electron chi connectivity index (χ1n) is 14.7. The van der Waals surface area contributed by atoms with Crippen molar-refractivity contribution < 1.29 is 25.0 Å². The second-order valence-electron chi connectivity index (χ2n) is 13.9. The van der Waals surface area contributed by atoms with Crippen LogP contribution in [0.1, 0.15) is 79.1 Å². The molecule has 0 aromatic heterocycles. The van der Waals surface area contributed by atoms with Gasteiger partial charge in [0.15, 0.2) is 11.6 Å². The molecule has 0 bridgehead atoms. The highest BCUT2D eigenvalue weighted by atomic mass is 16.5. The van der Waals surface area contributed by atoms with E-state index in [1.54, 1.807) is 12.2 Å². The van der Waals surface area contributed by atoms with Gasteiger partial charge in [0, 0.05) is 29.8 Å². The molecular formula is C31H47NO5. The van der Waals surface area contributed by atoms with Crippen LogP contribution in [0.4, 0.5) is 0 Å².